The molecule has 1 saturated carbocycles. The number of amides is 2. The van der Waals surface area contributed by atoms with E-state index in [-0.39, 0.29) is 12.1 Å². The van der Waals surface area contributed by atoms with Crippen molar-refractivity contribution >= 4 is 12.0 Å². The number of aliphatic carboxylic acids is 1. The molecule has 0 bridgehead atoms. The molecule has 2 amide bonds. The number of carbonyl (C=O) groups excluding carboxylic acids is 1. The highest BCUT2D eigenvalue weighted by Crippen LogP contribution is 2.25. The van der Waals surface area contributed by atoms with Crippen molar-refractivity contribution in [1.29, 1.82) is 0 Å². The topological polar surface area (TPSA) is 104 Å². The normalized spacial score (nSPS) is 21.7. The van der Waals surface area contributed by atoms with Gasteiger partial charge in [-0.2, -0.15) is 0 Å². The van der Waals surface area contributed by atoms with E-state index in [1.807, 2.05) is 6.92 Å². The predicted molar refractivity (Wildman–Crippen MR) is 70.1 cm³/mol. The molecule has 2 unspecified atom stereocenters. The van der Waals surface area contributed by atoms with Gasteiger partial charge >= 0.3 is 12.0 Å². The smallest absolute Gasteiger partial charge is 0.315 e. The molecule has 3 N–H and O–H groups in total. The number of hydrogen-bond acceptors (Lipinski definition) is 4. The second kappa shape index (κ2) is 5.94. The molecule has 1 aliphatic rings. The Bertz CT molecular complexity index is 492. The second-order valence-corrected chi connectivity index (χ2v) is 5.11. The minimum Gasteiger partial charge on any atom is -0.481 e. The number of aromatic nitrogens is 1. The largest absolute Gasteiger partial charge is 0.481 e. The van der Waals surface area contributed by atoms with Crippen LogP contribution in [-0.4, -0.2) is 28.3 Å². The van der Waals surface area contributed by atoms with E-state index in [1.54, 1.807) is 6.92 Å². The first-order valence-corrected chi connectivity index (χ1v) is 6.68. The third kappa shape index (κ3) is 3.09. The summed E-state index contributed by atoms with van der Waals surface area (Å²) >= 11 is 0. The summed E-state index contributed by atoms with van der Waals surface area (Å²) in [6, 6.07) is -0.652. The Morgan fingerprint density at radius 1 is 1.40 bits per heavy atom. The Hall–Kier alpha value is -2.05. The lowest BCUT2D eigenvalue weighted by atomic mass is 10.0. The third-order valence-corrected chi connectivity index (χ3v) is 3.76. The Morgan fingerprint density at radius 2 is 2.15 bits per heavy atom. The van der Waals surface area contributed by atoms with Gasteiger partial charge < -0.3 is 20.3 Å². The van der Waals surface area contributed by atoms with Crippen LogP contribution in [-0.2, 0) is 11.3 Å². The van der Waals surface area contributed by atoms with Crippen molar-refractivity contribution < 1.29 is 19.2 Å². The fourth-order valence-corrected chi connectivity index (χ4v) is 2.57. The zero-order valence-corrected chi connectivity index (χ0v) is 11.6. The fraction of sp³-hybridized carbons (Fsp3) is 0.615. The number of carboxylic acids is 1. The molecule has 20 heavy (non-hydrogen) atoms. The van der Waals surface area contributed by atoms with Crippen LogP contribution >= 0.6 is 0 Å². The molecule has 2 rings (SSSR count). The average Bonchev–Trinajstić information content (AvgIpc) is 2.95. The van der Waals surface area contributed by atoms with Crippen molar-refractivity contribution in [2.45, 2.75) is 45.7 Å². The van der Waals surface area contributed by atoms with Gasteiger partial charge in [-0.15, -0.1) is 0 Å². The van der Waals surface area contributed by atoms with Gasteiger partial charge in [0, 0.05) is 18.2 Å². The summed E-state index contributed by atoms with van der Waals surface area (Å²) in [4.78, 5) is 22.9. The van der Waals surface area contributed by atoms with E-state index in [0.29, 0.717) is 25.1 Å². The fourth-order valence-electron chi connectivity index (χ4n) is 2.57. The molecule has 1 heterocycles. The van der Waals surface area contributed by atoms with Crippen LogP contribution in [0.1, 0.15) is 36.3 Å². The van der Waals surface area contributed by atoms with Crippen molar-refractivity contribution in [3.8, 4) is 0 Å². The van der Waals surface area contributed by atoms with Crippen LogP contribution in [0.4, 0.5) is 4.79 Å². The molecule has 110 valence electrons. The van der Waals surface area contributed by atoms with E-state index in [1.165, 1.54) is 0 Å². The number of urea groups is 1. The van der Waals surface area contributed by atoms with Crippen LogP contribution in [0.25, 0.3) is 0 Å². The molecular weight excluding hydrogens is 262 g/mol. The lowest BCUT2D eigenvalue weighted by molar-refractivity contribution is -0.142. The Kier molecular flexibility index (Phi) is 4.26. The molecule has 0 radical (unpaired) electrons. The highest BCUT2D eigenvalue weighted by Gasteiger charge is 2.33. The van der Waals surface area contributed by atoms with Crippen LogP contribution in [0, 0.1) is 19.8 Å². The Labute approximate surface area is 116 Å². The van der Waals surface area contributed by atoms with E-state index in [9.17, 15) is 9.59 Å². The van der Waals surface area contributed by atoms with Gasteiger partial charge in [0.1, 0.15) is 5.76 Å². The first kappa shape index (κ1) is 14.4. The van der Waals surface area contributed by atoms with Gasteiger partial charge in [-0.1, -0.05) is 11.6 Å². The van der Waals surface area contributed by atoms with E-state index < -0.39 is 11.9 Å². The van der Waals surface area contributed by atoms with Gasteiger partial charge in [0.25, 0.3) is 0 Å². The van der Waals surface area contributed by atoms with E-state index in [0.717, 1.165) is 17.7 Å². The molecule has 1 aliphatic carbocycles. The quantitative estimate of drug-likeness (QED) is 0.772. The number of hydrogen-bond donors (Lipinski definition) is 3. The van der Waals surface area contributed by atoms with E-state index >= 15 is 0 Å². The minimum atomic E-state index is -0.849. The zero-order valence-electron chi connectivity index (χ0n) is 11.6. The van der Waals surface area contributed by atoms with Crippen LogP contribution in [0.15, 0.2) is 4.52 Å². The summed E-state index contributed by atoms with van der Waals surface area (Å²) in [6.07, 6.45) is 2.14. The Morgan fingerprint density at radius 3 is 2.75 bits per heavy atom. The predicted octanol–water partition coefficient (Wildman–Crippen LogP) is 1.34. The van der Waals surface area contributed by atoms with Crippen LogP contribution in [0.2, 0.25) is 0 Å². The molecule has 0 spiro atoms. The molecule has 0 aromatic carbocycles. The number of nitrogens with zero attached hydrogens (tertiary/aromatic N) is 1. The SMILES string of the molecule is Cc1noc(C)c1CNC(=O)NC1CCCC1C(=O)O. The van der Waals surface area contributed by atoms with Crippen molar-refractivity contribution in [3.05, 3.63) is 17.0 Å². The van der Waals surface area contributed by atoms with Gasteiger partial charge in [0.15, 0.2) is 0 Å². The maximum Gasteiger partial charge on any atom is 0.315 e. The second-order valence-electron chi connectivity index (χ2n) is 5.11. The first-order valence-electron chi connectivity index (χ1n) is 6.68. The number of rotatable bonds is 4. The van der Waals surface area contributed by atoms with Crippen LogP contribution in [0.3, 0.4) is 0 Å². The number of nitrogens with one attached hydrogen (secondary N) is 2. The molecule has 1 aromatic heterocycles. The number of aryl methyl sites for hydroxylation is 2. The maximum atomic E-state index is 11.8. The number of carbonyl (C=O) groups is 2. The van der Waals surface area contributed by atoms with Gasteiger partial charge in [-0.3, -0.25) is 4.79 Å². The van der Waals surface area contributed by atoms with Gasteiger partial charge in [0.05, 0.1) is 11.6 Å². The first-order chi connectivity index (χ1) is 9.49. The van der Waals surface area contributed by atoms with Crippen molar-refractivity contribution in [2.24, 2.45) is 5.92 Å². The monoisotopic (exact) mass is 281 g/mol. The highest BCUT2D eigenvalue weighted by atomic mass is 16.5. The molecule has 1 aromatic rings. The summed E-state index contributed by atoms with van der Waals surface area (Å²) in [5.41, 5.74) is 1.59. The van der Waals surface area contributed by atoms with E-state index in [2.05, 4.69) is 15.8 Å². The summed E-state index contributed by atoms with van der Waals surface area (Å²) in [7, 11) is 0. The standard InChI is InChI=1S/C13H19N3O4/c1-7-10(8(2)20-16-7)6-14-13(19)15-11-5-3-4-9(11)12(17)18/h9,11H,3-6H2,1-2H3,(H,17,18)(H2,14,15,19). The van der Waals surface area contributed by atoms with Crippen molar-refractivity contribution in [1.82, 2.24) is 15.8 Å². The Balaban J connectivity index is 1.85. The molecule has 7 heteroatoms. The van der Waals surface area contributed by atoms with Crippen molar-refractivity contribution in [2.75, 3.05) is 0 Å². The van der Waals surface area contributed by atoms with Gasteiger partial charge in [-0.25, -0.2) is 4.79 Å². The molecule has 0 saturated heterocycles. The summed E-state index contributed by atoms with van der Waals surface area (Å²) in [5, 5.41) is 18.3. The van der Waals surface area contributed by atoms with Crippen LogP contribution < -0.4 is 10.6 Å². The highest BCUT2D eigenvalue weighted by molar-refractivity contribution is 5.77. The molecular formula is C13H19N3O4. The van der Waals surface area contributed by atoms with Gasteiger partial charge in [-0.05, 0) is 26.7 Å². The van der Waals surface area contributed by atoms with Crippen molar-refractivity contribution in [3.63, 3.8) is 0 Å². The lowest BCUT2D eigenvalue weighted by Gasteiger charge is -2.17. The average molecular weight is 281 g/mol. The van der Waals surface area contributed by atoms with Gasteiger partial charge in [0.2, 0.25) is 0 Å². The molecule has 1 fully saturated rings. The minimum absolute atomic E-state index is 0.294. The lowest BCUT2D eigenvalue weighted by Crippen LogP contribution is -2.45. The zero-order chi connectivity index (χ0) is 14.7. The molecule has 2 atom stereocenters. The van der Waals surface area contributed by atoms with Crippen LogP contribution in [0.5, 0.6) is 0 Å². The molecule has 7 nitrogen and oxygen atoms in total. The summed E-state index contributed by atoms with van der Waals surface area (Å²) in [6.45, 7) is 3.91. The maximum absolute atomic E-state index is 11.8. The molecule has 0 aliphatic heterocycles. The summed E-state index contributed by atoms with van der Waals surface area (Å²) in [5.74, 6) is -0.662. The number of carboxylic acid groups (broad SMARTS) is 1. The third-order valence-electron chi connectivity index (χ3n) is 3.76. The summed E-state index contributed by atoms with van der Waals surface area (Å²) < 4.78 is 5.01. The van der Waals surface area contributed by atoms with E-state index in [4.69, 9.17) is 9.63 Å².